The molecule has 2 rings (SSSR count). The summed E-state index contributed by atoms with van der Waals surface area (Å²) in [6.07, 6.45) is 5.61. The molecule has 0 aliphatic rings. The highest BCUT2D eigenvalue weighted by molar-refractivity contribution is 6.30. The molecule has 1 aromatic carbocycles. The van der Waals surface area contributed by atoms with E-state index in [0.717, 1.165) is 34.8 Å². The van der Waals surface area contributed by atoms with Gasteiger partial charge in [-0.05, 0) is 42.3 Å². The average Bonchev–Trinajstić information content (AvgIpc) is 2.51. The van der Waals surface area contributed by atoms with Crippen molar-refractivity contribution in [3.8, 4) is 0 Å². The summed E-state index contributed by atoms with van der Waals surface area (Å²) >= 11 is 5.76. The second-order valence-electron chi connectivity index (χ2n) is 4.55. The lowest BCUT2D eigenvalue weighted by Crippen LogP contribution is -1.96. The van der Waals surface area contributed by atoms with Crippen LogP contribution in [0.4, 0.5) is 5.69 Å². The molecule has 112 valence electrons. The maximum atomic E-state index is 5.76. The van der Waals surface area contributed by atoms with E-state index < -0.39 is 0 Å². The second kappa shape index (κ2) is 9.97. The van der Waals surface area contributed by atoms with E-state index in [4.69, 9.17) is 17.3 Å². The molecule has 21 heavy (non-hydrogen) atoms. The Bertz CT molecular complexity index is 523. The summed E-state index contributed by atoms with van der Waals surface area (Å²) in [6, 6.07) is 11.5. The van der Waals surface area contributed by atoms with Gasteiger partial charge in [-0.1, -0.05) is 37.6 Å². The van der Waals surface area contributed by atoms with E-state index in [0.29, 0.717) is 6.54 Å². The van der Waals surface area contributed by atoms with Crippen LogP contribution in [0.2, 0.25) is 5.02 Å². The number of nitrogens with zero attached hydrogens (tertiary/aromatic N) is 1. The Morgan fingerprint density at radius 3 is 2.48 bits per heavy atom. The Hall–Kier alpha value is -1.84. The van der Waals surface area contributed by atoms with Gasteiger partial charge in [-0.15, -0.1) is 0 Å². The summed E-state index contributed by atoms with van der Waals surface area (Å²) in [5.74, 6) is 0. The van der Waals surface area contributed by atoms with Crippen LogP contribution in [0.5, 0.6) is 0 Å². The molecule has 0 fully saturated rings. The molecule has 0 aliphatic heterocycles. The highest BCUT2D eigenvalue weighted by Crippen LogP contribution is 2.15. The van der Waals surface area contributed by atoms with E-state index in [1.54, 1.807) is 12.4 Å². The Morgan fingerprint density at radius 1 is 1.29 bits per heavy atom. The van der Waals surface area contributed by atoms with Gasteiger partial charge in [-0.25, -0.2) is 0 Å². The van der Waals surface area contributed by atoms with Gasteiger partial charge < -0.3 is 11.1 Å². The van der Waals surface area contributed by atoms with Crippen molar-refractivity contribution >= 4 is 17.3 Å². The molecule has 0 saturated heterocycles. The number of halogens is 1. The van der Waals surface area contributed by atoms with E-state index in [2.05, 4.69) is 23.8 Å². The third-order valence-corrected chi connectivity index (χ3v) is 2.93. The number of allylic oxidation sites excluding steroid dienone is 1. The zero-order valence-corrected chi connectivity index (χ0v) is 13.1. The summed E-state index contributed by atoms with van der Waals surface area (Å²) in [4.78, 5) is 3.88. The maximum Gasteiger partial charge on any atom is 0.0407 e. The van der Waals surface area contributed by atoms with Crippen LogP contribution >= 0.6 is 11.6 Å². The zero-order valence-electron chi connectivity index (χ0n) is 12.3. The predicted molar refractivity (Wildman–Crippen MR) is 91.3 cm³/mol. The zero-order chi connectivity index (χ0) is 15.5. The van der Waals surface area contributed by atoms with Gasteiger partial charge in [-0.2, -0.15) is 0 Å². The number of anilines is 1. The lowest BCUT2D eigenvalue weighted by Gasteiger charge is -2.07. The minimum absolute atomic E-state index is 0.577. The molecule has 0 atom stereocenters. The van der Waals surface area contributed by atoms with Gasteiger partial charge in [0, 0.05) is 35.3 Å². The molecule has 0 unspecified atom stereocenters. The molecule has 0 amide bonds. The quantitative estimate of drug-likeness (QED) is 0.848. The largest absolute Gasteiger partial charge is 0.359 e. The van der Waals surface area contributed by atoms with Crippen LogP contribution in [-0.2, 0) is 6.54 Å². The van der Waals surface area contributed by atoms with E-state index in [1.807, 2.05) is 36.4 Å². The van der Waals surface area contributed by atoms with Gasteiger partial charge >= 0.3 is 0 Å². The monoisotopic (exact) mass is 303 g/mol. The fourth-order valence-electron chi connectivity index (χ4n) is 1.62. The van der Waals surface area contributed by atoms with Crippen molar-refractivity contribution in [3.63, 3.8) is 0 Å². The second-order valence-corrected chi connectivity index (χ2v) is 4.99. The fourth-order valence-corrected chi connectivity index (χ4v) is 1.75. The average molecular weight is 304 g/mol. The van der Waals surface area contributed by atoms with E-state index in [9.17, 15) is 0 Å². The SMILES string of the molecule is C=C(CCC)Nc1ccc(Cl)cc1.NCc1cccnc1. The normalized spacial score (nSPS) is 9.48. The van der Waals surface area contributed by atoms with Crippen LogP contribution in [0.1, 0.15) is 25.3 Å². The van der Waals surface area contributed by atoms with Gasteiger partial charge in [0.05, 0.1) is 0 Å². The first kappa shape index (κ1) is 17.2. The molecular formula is C17H22ClN3. The Labute approximate surface area is 131 Å². The molecule has 0 radical (unpaired) electrons. The van der Waals surface area contributed by atoms with E-state index in [1.165, 1.54) is 0 Å². The Morgan fingerprint density at radius 2 is 2.00 bits per heavy atom. The van der Waals surface area contributed by atoms with Crippen molar-refractivity contribution in [2.75, 3.05) is 5.32 Å². The molecule has 0 saturated carbocycles. The van der Waals surface area contributed by atoms with Crippen molar-refractivity contribution in [1.29, 1.82) is 0 Å². The van der Waals surface area contributed by atoms with Gasteiger partial charge in [0.15, 0.2) is 0 Å². The summed E-state index contributed by atoms with van der Waals surface area (Å²) in [7, 11) is 0. The number of hydrogen-bond acceptors (Lipinski definition) is 3. The lowest BCUT2D eigenvalue weighted by atomic mass is 10.2. The highest BCUT2D eigenvalue weighted by atomic mass is 35.5. The minimum Gasteiger partial charge on any atom is -0.359 e. The lowest BCUT2D eigenvalue weighted by molar-refractivity contribution is 0.913. The molecular weight excluding hydrogens is 282 g/mol. The molecule has 2 aromatic rings. The minimum atomic E-state index is 0.577. The van der Waals surface area contributed by atoms with Crippen molar-refractivity contribution in [2.45, 2.75) is 26.3 Å². The van der Waals surface area contributed by atoms with Crippen LogP contribution in [0.3, 0.4) is 0 Å². The smallest absolute Gasteiger partial charge is 0.0407 e. The molecule has 0 aliphatic carbocycles. The molecule has 0 spiro atoms. The number of nitrogens with two attached hydrogens (primary N) is 1. The standard InChI is InChI=1S/C11H14ClN.C6H8N2/c1-3-4-9(2)13-11-7-5-10(12)6-8-11;7-4-6-2-1-3-8-5-6/h5-8,13H,2-4H2,1H3;1-3,5H,4,7H2. The number of nitrogens with one attached hydrogen (secondary N) is 1. The predicted octanol–water partition coefficient (Wildman–Crippen LogP) is 4.61. The number of aromatic nitrogens is 1. The molecule has 3 N–H and O–H groups in total. The topological polar surface area (TPSA) is 50.9 Å². The van der Waals surface area contributed by atoms with Crippen LogP contribution < -0.4 is 11.1 Å². The first-order valence-electron chi connectivity index (χ1n) is 6.95. The first-order valence-corrected chi connectivity index (χ1v) is 7.32. The Balaban J connectivity index is 0.000000235. The third kappa shape index (κ3) is 7.49. The Kier molecular flexibility index (Phi) is 8.17. The summed E-state index contributed by atoms with van der Waals surface area (Å²) in [5.41, 5.74) is 8.48. The highest BCUT2D eigenvalue weighted by Gasteiger charge is 1.94. The number of benzene rings is 1. The van der Waals surface area contributed by atoms with Crippen molar-refractivity contribution < 1.29 is 0 Å². The summed E-state index contributed by atoms with van der Waals surface area (Å²) in [5, 5.41) is 3.97. The molecule has 4 heteroatoms. The molecule has 3 nitrogen and oxygen atoms in total. The number of pyridine rings is 1. The van der Waals surface area contributed by atoms with E-state index in [-0.39, 0.29) is 0 Å². The summed E-state index contributed by atoms with van der Waals surface area (Å²) in [6.45, 7) is 6.63. The van der Waals surface area contributed by atoms with Gasteiger partial charge in [-0.3, -0.25) is 4.98 Å². The molecule has 0 bridgehead atoms. The fraction of sp³-hybridized carbons (Fsp3) is 0.235. The van der Waals surface area contributed by atoms with Gasteiger partial charge in [0.25, 0.3) is 0 Å². The van der Waals surface area contributed by atoms with Crippen LogP contribution in [0, 0.1) is 0 Å². The third-order valence-electron chi connectivity index (χ3n) is 2.68. The van der Waals surface area contributed by atoms with Crippen molar-refractivity contribution in [2.24, 2.45) is 5.73 Å². The van der Waals surface area contributed by atoms with Crippen molar-refractivity contribution in [1.82, 2.24) is 4.98 Å². The first-order chi connectivity index (χ1) is 10.2. The maximum absolute atomic E-state index is 5.76. The molecule has 1 aromatic heterocycles. The number of rotatable bonds is 5. The van der Waals surface area contributed by atoms with Gasteiger partial charge in [0.1, 0.15) is 0 Å². The molecule has 1 heterocycles. The van der Waals surface area contributed by atoms with Gasteiger partial charge in [0.2, 0.25) is 0 Å². The van der Waals surface area contributed by atoms with E-state index >= 15 is 0 Å². The van der Waals surface area contributed by atoms with Crippen LogP contribution in [0.25, 0.3) is 0 Å². The van der Waals surface area contributed by atoms with Crippen LogP contribution in [-0.4, -0.2) is 4.98 Å². The van der Waals surface area contributed by atoms with Crippen LogP contribution in [0.15, 0.2) is 61.1 Å². The number of hydrogen-bond donors (Lipinski definition) is 2. The summed E-state index contributed by atoms with van der Waals surface area (Å²) < 4.78 is 0. The van der Waals surface area contributed by atoms with Crippen molar-refractivity contribution in [3.05, 3.63) is 71.7 Å².